The molecule has 0 radical (unpaired) electrons. The maximum Gasteiger partial charge on any atom is 0.326 e. The van der Waals surface area contributed by atoms with Gasteiger partial charge in [-0.2, -0.15) is 0 Å². The molecular weight excluding hydrogens is 358 g/mol. The summed E-state index contributed by atoms with van der Waals surface area (Å²) in [6.45, 7) is 7.33. The van der Waals surface area contributed by atoms with Crippen molar-refractivity contribution in [1.29, 1.82) is 0 Å². The highest BCUT2D eigenvalue weighted by atomic mass is 32.2. The number of carbonyl (C=O) groups is 2. The molecule has 1 aromatic carbocycles. The van der Waals surface area contributed by atoms with Crippen LogP contribution in [0.15, 0.2) is 29.2 Å². The van der Waals surface area contributed by atoms with E-state index in [9.17, 15) is 23.1 Å². The lowest BCUT2D eigenvalue weighted by atomic mass is 10.1. The molecule has 2 N–H and O–H groups in total. The molecule has 0 aliphatic carbocycles. The summed E-state index contributed by atoms with van der Waals surface area (Å²) < 4.78 is 29.3. The Morgan fingerprint density at radius 1 is 1.27 bits per heavy atom. The van der Waals surface area contributed by atoms with E-state index in [-0.39, 0.29) is 30.1 Å². The van der Waals surface area contributed by atoms with E-state index in [1.54, 1.807) is 19.1 Å². The largest absolute Gasteiger partial charge is 0.480 e. The molecule has 0 saturated heterocycles. The number of hydrogen-bond acceptors (Lipinski definition) is 5. The van der Waals surface area contributed by atoms with Gasteiger partial charge in [-0.15, -0.1) is 0 Å². The molecule has 0 heterocycles. The van der Waals surface area contributed by atoms with Crippen LogP contribution < -0.4 is 5.32 Å². The number of benzene rings is 1. The van der Waals surface area contributed by atoms with Gasteiger partial charge in [-0.1, -0.05) is 19.1 Å². The molecule has 0 fully saturated rings. The Bertz CT molecular complexity index is 736. The first kappa shape index (κ1) is 22.1. The third kappa shape index (κ3) is 7.53. The standard InChI is InChI=1S/C18H27NO6S/c1-5-26(23,24)14-8-6-7-13(11-14)12-16(20)19-15(17(21)22)9-10-25-18(2,3)4/h6-8,11,15H,5,9-10,12H2,1-4H3,(H,19,20)(H,21,22). The SMILES string of the molecule is CCS(=O)(=O)c1cccc(CC(=O)NC(CCOC(C)(C)C)C(=O)O)c1. The Morgan fingerprint density at radius 3 is 2.46 bits per heavy atom. The fourth-order valence-electron chi connectivity index (χ4n) is 2.19. The number of carboxylic acids is 1. The number of aliphatic carboxylic acids is 1. The minimum Gasteiger partial charge on any atom is -0.480 e. The number of rotatable bonds is 9. The first-order valence-corrected chi connectivity index (χ1v) is 10.1. The number of ether oxygens (including phenoxy) is 1. The van der Waals surface area contributed by atoms with Crippen molar-refractivity contribution in [3.8, 4) is 0 Å². The Hall–Kier alpha value is -1.93. The van der Waals surface area contributed by atoms with Gasteiger partial charge in [-0.25, -0.2) is 13.2 Å². The van der Waals surface area contributed by atoms with Crippen LogP contribution in [0.3, 0.4) is 0 Å². The molecular formula is C18H27NO6S. The van der Waals surface area contributed by atoms with E-state index in [0.717, 1.165) is 0 Å². The van der Waals surface area contributed by atoms with Crippen LogP contribution in [0.5, 0.6) is 0 Å². The molecule has 1 amide bonds. The second kappa shape index (κ2) is 9.14. The predicted molar refractivity (Wildman–Crippen MR) is 97.8 cm³/mol. The van der Waals surface area contributed by atoms with Gasteiger partial charge >= 0.3 is 5.97 Å². The van der Waals surface area contributed by atoms with Gasteiger partial charge in [0.25, 0.3) is 0 Å². The molecule has 0 aliphatic heterocycles. The summed E-state index contributed by atoms with van der Waals surface area (Å²) >= 11 is 0. The van der Waals surface area contributed by atoms with Gasteiger partial charge in [0.15, 0.2) is 9.84 Å². The first-order chi connectivity index (χ1) is 11.9. The van der Waals surface area contributed by atoms with Crippen molar-refractivity contribution in [2.45, 2.75) is 57.1 Å². The van der Waals surface area contributed by atoms with Crippen molar-refractivity contribution < 1.29 is 27.9 Å². The lowest BCUT2D eigenvalue weighted by Gasteiger charge is -2.21. The lowest BCUT2D eigenvalue weighted by molar-refractivity contribution is -0.142. The summed E-state index contributed by atoms with van der Waals surface area (Å²) in [6.07, 6.45) is 0.0412. The normalized spacial score (nSPS) is 13.2. The highest BCUT2D eigenvalue weighted by Crippen LogP contribution is 2.14. The molecule has 1 unspecified atom stereocenters. The van der Waals surface area contributed by atoms with E-state index in [0.29, 0.717) is 5.56 Å². The molecule has 1 atom stereocenters. The summed E-state index contributed by atoms with van der Waals surface area (Å²) in [4.78, 5) is 23.6. The van der Waals surface area contributed by atoms with Crippen LogP contribution in [-0.4, -0.2) is 49.4 Å². The Balaban J connectivity index is 2.71. The zero-order valence-electron chi connectivity index (χ0n) is 15.6. The zero-order chi connectivity index (χ0) is 20.0. The van der Waals surface area contributed by atoms with Gasteiger partial charge in [0, 0.05) is 13.0 Å². The van der Waals surface area contributed by atoms with Crippen LogP contribution >= 0.6 is 0 Å². The van der Waals surface area contributed by atoms with E-state index < -0.39 is 33.4 Å². The van der Waals surface area contributed by atoms with Crippen LogP contribution in [0.2, 0.25) is 0 Å². The van der Waals surface area contributed by atoms with Gasteiger partial charge in [0.2, 0.25) is 5.91 Å². The lowest BCUT2D eigenvalue weighted by Crippen LogP contribution is -2.42. The molecule has 1 aromatic rings. The number of sulfone groups is 1. The molecule has 146 valence electrons. The van der Waals surface area contributed by atoms with Gasteiger partial charge < -0.3 is 15.2 Å². The van der Waals surface area contributed by atoms with Crippen LogP contribution in [0.1, 0.15) is 39.7 Å². The smallest absolute Gasteiger partial charge is 0.326 e. The summed E-state index contributed by atoms with van der Waals surface area (Å²) in [5.41, 5.74) is 0.116. The van der Waals surface area contributed by atoms with Gasteiger partial charge in [-0.05, 0) is 38.5 Å². The molecule has 7 nitrogen and oxygen atoms in total. The summed E-state index contributed by atoms with van der Waals surface area (Å²) in [5, 5.41) is 11.7. The molecule has 8 heteroatoms. The highest BCUT2D eigenvalue weighted by Gasteiger charge is 2.21. The predicted octanol–water partition coefficient (Wildman–Crippen LogP) is 1.80. The first-order valence-electron chi connectivity index (χ1n) is 8.42. The van der Waals surface area contributed by atoms with Crippen molar-refractivity contribution in [2.75, 3.05) is 12.4 Å². The Labute approximate surface area is 154 Å². The van der Waals surface area contributed by atoms with Gasteiger partial charge in [0.1, 0.15) is 6.04 Å². The maximum atomic E-state index is 12.2. The molecule has 0 saturated carbocycles. The van der Waals surface area contributed by atoms with E-state index in [1.807, 2.05) is 20.8 Å². The highest BCUT2D eigenvalue weighted by molar-refractivity contribution is 7.91. The third-order valence-corrected chi connectivity index (χ3v) is 5.31. The Morgan fingerprint density at radius 2 is 1.92 bits per heavy atom. The van der Waals surface area contributed by atoms with Crippen LogP contribution in [-0.2, 0) is 30.6 Å². The molecule has 0 aliphatic rings. The van der Waals surface area contributed by atoms with E-state index >= 15 is 0 Å². The third-order valence-electron chi connectivity index (χ3n) is 3.58. The van der Waals surface area contributed by atoms with Gasteiger partial charge in [-0.3, -0.25) is 4.79 Å². The quantitative estimate of drug-likeness (QED) is 0.671. The second-order valence-electron chi connectivity index (χ2n) is 6.94. The monoisotopic (exact) mass is 385 g/mol. The maximum absolute atomic E-state index is 12.2. The number of nitrogens with one attached hydrogen (secondary N) is 1. The number of amides is 1. The number of hydrogen-bond donors (Lipinski definition) is 2. The summed E-state index contributed by atoms with van der Waals surface area (Å²) in [5.74, 6) is -1.66. The number of carbonyl (C=O) groups excluding carboxylic acids is 1. The molecule has 1 rings (SSSR count). The average Bonchev–Trinajstić information content (AvgIpc) is 2.52. The Kier molecular flexibility index (Phi) is 7.77. The zero-order valence-corrected chi connectivity index (χ0v) is 16.4. The molecule has 0 aromatic heterocycles. The minimum atomic E-state index is -3.36. The van der Waals surface area contributed by atoms with E-state index in [1.165, 1.54) is 12.1 Å². The molecule has 0 bridgehead atoms. The minimum absolute atomic E-state index is 0.0302. The second-order valence-corrected chi connectivity index (χ2v) is 9.21. The number of carboxylic acid groups (broad SMARTS) is 1. The van der Waals surface area contributed by atoms with Crippen molar-refractivity contribution in [3.05, 3.63) is 29.8 Å². The van der Waals surface area contributed by atoms with Crippen LogP contribution in [0.4, 0.5) is 0 Å². The van der Waals surface area contributed by atoms with Gasteiger partial charge in [0.05, 0.1) is 22.7 Å². The average molecular weight is 385 g/mol. The van der Waals surface area contributed by atoms with Crippen LogP contribution in [0.25, 0.3) is 0 Å². The van der Waals surface area contributed by atoms with Crippen molar-refractivity contribution >= 4 is 21.7 Å². The molecule has 26 heavy (non-hydrogen) atoms. The van der Waals surface area contributed by atoms with E-state index in [4.69, 9.17) is 4.74 Å². The molecule has 0 spiro atoms. The summed E-state index contributed by atoms with van der Waals surface area (Å²) in [6, 6.07) is 5.05. The van der Waals surface area contributed by atoms with Crippen molar-refractivity contribution in [3.63, 3.8) is 0 Å². The summed E-state index contributed by atoms with van der Waals surface area (Å²) in [7, 11) is -3.36. The van der Waals surface area contributed by atoms with Crippen molar-refractivity contribution in [2.24, 2.45) is 0 Å². The van der Waals surface area contributed by atoms with E-state index in [2.05, 4.69) is 5.32 Å². The van der Waals surface area contributed by atoms with Crippen molar-refractivity contribution in [1.82, 2.24) is 5.32 Å². The fourth-order valence-corrected chi connectivity index (χ4v) is 3.14. The topological polar surface area (TPSA) is 110 Å². The fraction of sp³-hybridized carbons (Fsp3) is 0.556. The van der Waals surface area contributed by atoms with Crippen LogP contribution in [0, 0.1) is 0 Å².